The average molecular weight is 333 g/mol. The number of rotatable bonds is 5. The highest BCUT2D eigenvalue weighted by atomic mass is 16.5. The molecule has 1 aliphatic rings. The number of H-pyrrole nitrogens is 1. The van der Waals surface area contributed by atoms with Crippen molar-refractivity contribution in [2.45, 2.75) is 45.6 Å². The molecule has 0 radical (unpaired) electrons. The molecule has 0 saturated carbocycles. The largest absolute Gasteiger partial charge is 0.425 e. The van der Waals surface area contributed by atoms with Gasteiger partial charge in [0.25, 0.3) is 0 Å². The summed E-state index contributed by atoms with van der Waals surface area (Å²) in [4.78, 5) is 21.7. The van der Waals surface area contributed by atoms with Crippen LogP contribution in [0.2, 0.25) is 0 Å². The topological polar surface area (TPSA) is 97.1 Å². The molecule has 1 aliphatic heterocycles. The van der Waals surface area contributed by atoms with Gasteiger partial charge in [0.05, 0.1) is 13.2 Å². The second-order valence-corrected chi connectivity index (χ2v) is 6.34. The Morgan fingerprint density at radius 2 is 2.29 bits per heavy atom. The van der Waals surface area contributed by atoms with Crippen molar-refractivity contribution in [3.63, 3.8) is 0 Å². The number of amides is 1. The van der Waals surface area contributed by atoms with Crippen molar-refractivity contribution in [3.05, 3.63) is 29.5 Å². The first kappa shape index (κ1) is 16.6. The average Bonchev–Trinajstić information content (AvgIpc) is 3.22. The van der Waals surface area contributed by atoms with Gasteiger partial charge in [-0.15, -0.1) is 10.2 Å². The van der Waals surface area contributed by atoms with Crippen molar-refractivity contribution in [1.29, 1.82) is 0 Å². The minimum absolute atomic E-state index is 0.0656. The van der Waals surface area contributed by atoms with Crippen LogP contribution in [-0.2, 0) is 16.0 Å². The molecule has 1 amide bonds. The van der Waals surface area contributed by atoms with E-state index >= 15 is 0 Å². The van der Waals surface area contributed by atoms with Gasteiger partial charge in [0, 0.05) is 37.2 Å². The van der Waals surface area contributed by atoms with Crippen LogP contribution in [0.3, 0.4) is 0 Å². The third-order valence-corrected chi connectivity index (χ3v) is 3.98. The molecule has 1 fully saturated rings. The van der Waals surface area contributed by atoms with E-state index in [1.165, 1.54) is 0 Å². The van der Waals surface area contributed by atoms with Crippen molar-refractivity contribution >= 4 is 5.91 Å². The lowest BCUT2D eigenvalue weighted by Gasteiger charge is -2.32. The van der Waals surface area contributed by atoms with Crippen LogP contribution in [0.1, 0.15) is 55.6 Å². The van der Waals surface area contributed by atoms with E-state index in [0.29, 0.717) is 44.3 Å². The summed E-state index contributed by atoms with van der Waals surface area (Å²) in [6.45, 7) is 7.54. The highest BCUT2D eigenvalue weighted by Gasteiger charge is 2.27. The number of morpholine rings is 1. The molecule has 0 aliphatic carbocycles. The van der Waals surface area contributed by atoms with E-state index in [1.54, 1.807) is 6.20 Å². The number of aromatic nitrogens is 4. The second-order valence-electron chi connectivity index (χ2n) is 6.34. The van der Waals surface area contributed by atoms with Crippen LogP contribution in [0, 0.1) is 6.92 Å². The van der Waals surface area contributed by atoms with Crippen LogP contribution in [0.4, 0.5) is 0 Å². The molecule has 1 atom stereocenters. The summed E-state index contributed by atoms with van der Waals surface area (Å²) in [6.07, 6.45) is 2.37. The lowest BCUT2D eigenvalue weighted by Crippen LogP contribution is -2.42. The van der Waals surface area contributed by atoms with Crippen LogP contribution in [-0.4, -0.2) is 50.7 Å². The molecule has 2 aromatic heterocycles. The Labute approximate surface area is 140 Å². The fourth-order valence-corrected chi connectivity index (χ4v) is 2.61. The van der Waals surface area contributed by atoms with Gasteiger partial charge in [-0.2, -0.15) is 0 Å². The van der Waals surface area contributed by atoms with Crippen molar-refractivity contribution in [3.8, 4) is 0 Å². The third-order valence-electron chi connectivity index (χ3n) is 3.98. The van der Waals surface area contributed by atoms with E-state index in [1.807, 2.05) is 25.7 Å². The van der Waals surface area contributed by atoms with Gasteiger partial charge in [-0.05, 0) is 6.92 Å². The zero-order valence-corrected chi connectivity index (χ0v) is 14.3. The summed E-state index contributed by atoms with van der Waals surface area (Å²) in [5.74, 6) is 2.15. The molecule has 3 heterocycles. The van der Waals surface area contributed by atoms with Crippen LogP contribution >= 0.6 is 0 Å². The molecule has 0 bridgehead atoms. The smallest absolute Gasteiger partial charge is 0.223 e. The zero-order chi connectivity index (χ0) is 17.1. The van der Waals surface area contributed by atoms with Crippen LogP contribution < -0.4 is 0 Å². The Kier molecular flexibility index (Phi) is 4.94. The number of carbonyl (C=O) groups excluding carboxylic acids is 1. The normalized spacial score (nSPS) is 18.3. The summed E-state index contributed by atoms with van der Waals surface area (Å²) in [5, 5.41) is 7.98. The lowest BCUT2D eigenvalue weighted by atomic mass is 10.2. The zero-order valence-electron chi connectivity index (χ0n) is 14.3. The molecule has 130 valence electrons. The maximum atomic E-state index is 12.4. The van der Waals surface area contributed by atoms with Gasteiger partial charge in [0.15, 0.2) is 0 Å². The number of nitrogens with zero attached hydrogens (tertiary/aromatic N) is 4. The quantitative estimate of drug-likeness (QED) is 0.895. The molecule has 24 heavy (non-hydrogen) atoms. The van der Waals surface area contributed by atoms with Gasteiger partial charge in [-0.25, -0.2) is 4.98 Å². The predicted molar refractivity (Wildman–Crippen MR) is 85.3 cm³/mol. The molecule has 8 heteroatoms. The molecular formula is C16H23N5O3. The number of ether oxygens (including phenoxy) is 1. The number of carbonyl (C=O) groups is 1. The van der Waals surface area contributed by atoms with Crippen LogP contribution in [0.5, 0.6) is 0 Å². The second kappa shape index (κ2) is 7.12. The number of imidazole rings is 1. The predicted octanol–water partition coefficient (Wildman–Crippen LogP) is 1.76. The van der Waals surface area contributed by atoms with Gasteiger partial charge < -0.3 is 19.0 Å². The number of aryl methyl sites for hydroxylation is 2. The Hall–Kier alpha value is -2.22. The molecule has 1 saturated heterocycles. The summed E-state index contributed by atoms with van der Waals surface area (Å²) >= 11 is 0. The van der Waals surface area contributed by atoms with Gasteiger partial charge in [-0.3, -0.25) is 4.79 Å². The third kappa shape index (κ3) is 3.81. The molecule has 0 aromatic carbocycles. The number of hydrogen-bond donors (Lipinski definition) is 1. The fourth-order valence-electron chi connectivity index (χ4n) is 2.61. The van der Waals surface area contributed by atoms with Crippen molar-refractivity contribution in [1.82, 2.24) is 25.1 Å². The maximum absolute atomic E-state index is 12.4. The minimum Gasteiger partial charge on any atom is -0.425 e. The van der Waals surface area contributed by atoms with E-state index in [9.17, 15) is 4.79 Å². The van der Waals surface area contributed by atoms with E-state index in [2.05, 4.69) is 20.2 Å². The standard InChI is InChI=1S/C16H23N5O3/c1-10(2)16-20-19-13(24-16)4-5-14(22)21-6-7-23-12(9-21)15-17-8-11(3)18-15/h8,10,12H,4-7,9H2,1-3H3,(H,17,18)/t12-/m0/s1. The summed E-state index contributed by atoms with van der Waals surface area (Å²) in [6, 6.07) is 0. The van der Waals surface area contributed by atoms with E-state index in [4.69, 9.17) is 9.15 Å². The van der Waals surface area contributed by atoms with Gasteiger partial charge in [-0.1, -0.05) is 13.8 Å². The highest BCUT2D eigenvalue weighted by molar-refractivity contribution is 5.76. The lowest BCUT2D eigenvalue weighted by molar-refractivity contribution is -0.139. The Bertz CT molecular complexity index is 693. The van der Waals surface area contributed by atoms with Crippen molar-refractivity contribution in [2.24, 2.45) is 0 Å². The Morgan fingerprint density at radius 3 is 2.96 bits per heavy atom. The molecule has 2 aromatic rings. The summed E-state index contributed by atoms with van der Waals surface area (Å²) < 4.78 is 11.3. The maximum Gasteiger partial charge on any atom is 0.223 e. The Balaban J connectivity index is 1.54. The Morgan fingerprint density at radius 1 is 1.46 bits per heavy atom. The van der Waals surface area contributed by atoms with E-state index in [0.717, 1.165) is 11.5 Å². The van der Waals surface area contributed by atoms with Crippen LogP contribution in [0.15, 0.2) is 10.6 Å². The van der Waals surface area contributed by atoms with E-state index < -0.39 is 0 Å². The fraction of sp³-hybridized carbons (Fsp3) is 0.625. The molecule has 1 N–H and O–H groups in total. The monoisotopic (exact) mass is 333 g/mol. The van der Waals surface area contributed by atoms with Crippen molar-refractivity contribution < 1.29 is 13.9 Å². The number of nitrogens with one attached hydrogen (secondary N) is 1. The first-order valence-corrected chi connectivity index (χ1v) is 8.26. The minimum atomic E-state index is -0.202. The molecule has 8 nitrogen and oxygen atoms in total. The first-order chi connectivity index (χ1) is 11.5. The number of aromatic amines is 1. The number of hydrogen-bond acceptors (Lipinski definition) is 6. The molecule has 0 unspecified atom stereocenters. The van der Waals surface area contributed by atoms with Gasteiger partial charge >= 0.3 is 0 Å². The molecule has 0 spiro atoms. The first-order valence-electron chi connectivity index (χ1n) is 8.26. The molecule has 3 rings (SSSR count). The SMILES string of the molecule is Cc1cnc([C@@H]2CN(C(=O)CCc3nnc(C(C)C)o3)CCO2)[nH]1. The summed E-state index contributed by atoms with van der Waals surface area (Å²) in [5.41, 5.74) is 0.981. The summed E-state index contributed by atoms with van der Waals surface area (Å²) in [7, 11) is 0. The van der Waals surface area contributed by atoms with Gasteiger partial charge in [0.2, 0.25) is 17.7 Å². The van der Waals surface area contributed by atoms with Crippen LogP contribution in [0.25, 0.3) is 0 Å². The molecular weight excluding hydrogens is 310 g/mol. The van der Waals surface area contributed by atoms with Crippen molar-refractivity contribution in [2.75, 3.05) is 19.7 Å². The van der Waals surface area contributed by atoms with E-state index in [-0.39, 0.29) is 17.9 Å². The van der Waals surface area contributed by atoms with Gasteiger partial charge in [0.1, 0.15) is 11.9 Å². The highest BCUT2D eigenvalue weighted by Crippen LogP contribution is 2.20.